The molecule has 2 atom stereocenters. The highest BCUT2D eigenvalue weighted by Gasteiger charge is 2.51. The van der Waals surface area contributed by atoms with Gasteiger partial charge < -0.3 is 24.5 Å². The molecule has 0 unspecified atom stereocenters. The summed E-state index contributed by atoms with van der Waals surface area (Å²) in [6.45, 7) is 2.75. The fourth-order valence-corrected chi connectivity index (χ4v) is 5.17. The minimum absolute atomic E-state index is 0.0892. The Hall–Kier alpha value is -2.33. The molecule has 3 aliphatic rings. The van der Waals surface area contributed by atoms with E-state index in [1.54, 1.807) is 11.0 Å². The van der Waals surface area contributed by atoms with Crippen LogP contribution >= 0.6 is 0 Å². The van der Waals surface area contributed by atoms with Crippen molar-refractivity contribution in [1.29, 1.82) is 0 Å². The average Bonchev–Trinajstić information content (AvgIpc) is 3.61. The molecule has 1 aliphatic carbocycles. The third kappa shape index (κ3) is 5.33. The van der Waals surface area contributed by atoms with Crippen molar-refractivity contribution in [1.82, 2.24) is 9.80 Å². The molecule has 4 rings (SSSR count). The van der Waals surface area contributed by atoms with Gasteiger partial charge in [-0.1, -0.05) is 6.07 Å². The number of piperidine rings is 1. The third-order valence-electron chi connectivity index (χ3n) is 7.59. The maximum atomic E-state index is 13.1. The Morgan fingerprint density at radius 1 is 1.21 bits per heavy atom. The van der Waals surface area contributed by atoms with E-state index >= 15 is 0 Å². The molecule has 3 fully saturated rings. The first kappa shape index (κ1) is 24.8. The van der Waals surface area contributed by atoms with Crippen molar-refractivity contribution in [3.05, 3.63) is 29.8 Å². The standard InChI is InChI=1S/C24H32F3N3O4/c1-34-22(33)19(5-10-28-12-9-23(7-8-23)20(31)16-28)30-14-13-29(11-6-21(30)32)18-4-2-3-17(15-18)24(25,26)27/h2-4,15,19-20,31H,5-14,16H2,1H3/t19-,20-/m1/s1. The number of carbonyl (C=O) groups is 2. The van der Waals surface area contributed by atoms with E-state index in [0.717, 1.165) is 37.9 Å². The number of alkyl halides is 3. The summed E-state index contributed by atoms with van der Waals surface area (Å²) in [4.78, 5) is 30.9. The first-order valence-corrected chi connectivity index (χ1v) is 11.8. The number of carbonyl (C=O) groups excluding carboxylic acids is 2. The van der Waals surface area contributed by atoms with Gasteiger partial charge in [0.1, 0.15) is 6.04 Å². The summed E-state index contributed by atoms with van der Waals surface area (Å²) < 4.78 is 44.4. The SMILES string of the molecule is COC(=O)[C@@H](CCN1CCC2(CC2)[C@H](O)C1)N1CCN(c2cccc(C(F)(F)F)c2)CCC1=O. The Labute approximate surface area is 197 Å². The Morgan fingerprint density at radius 3 is 2.62 bits per heavy atom. The number of methoxy groups -OCH3 is 1. The molecular formula is C24H32F3N3O4. The number of hydrogen-bond donors (Lipinski definition) is 1. The van der Waals surface area contributed by atoms with Crippen molar-refractivity contribution in [2.75, 3.05) is 51.3 Å². The summed E-state index contributed by atoms with van der Waals surface area (Å²) in [5.74, 6) is -0.724. The number of likely N-dealkylation sites (tertiary alicyclic amines) is 1. The maximum Gasteiger partial charge on any atom is 0.416 e. The second kappa shape index (κ2) is 9.73. The van der Waals surface area contributed by atoms with Crippen LogP contribution in [0, 0.1) is 5.41 Å². The van der Waals surface area contributed by atoms with Crippen LogP contribution < -0.4 is 4.90 Å². The van der Waals surface area contributed by atoms with Crippen LogP contribution in [0.3, 0.4) is 0 Å². The normalized spacial score (nSPS) is 24.1. The number of esters is 1. The van der Waals surface area contributed by atoms with Gasteiger partial charge in [-0.05, 0) is 55.8 Å². The summed E-state index contributed by atoms with van der Waals surface area (Å²) >= 11 is 0. The number of anilines is 1. The summed E-state index contributed by atoms with van der Waals surface area (Å²) in [7, 11) is 1.29. The van der Waals surface area contributed by atoms with E-state index < -0.39 is 23.8 Å². The second-order valence-corrected chi connectivity index (χ2v) is 9.63. The minimum atomic E-state index is -4.44. The Balaban J connectivity index is 1.41. The molecule has 1 aromatic carbocycles. The van der Waals surface area contributed by atoms with E-state index in [0.29, 0.717) is 31.7 Å². The van der Waals surface area contributed by atoms with E-state index in [1.165, 1.54) is 18.1 Å². The number of hydrogen-bond acceptors (Lipinski definition) is 6. The zero-order valence-electron chi connectivity index (χ0n) is 19.4. The Kier molecular flexibility index (Phi) is 7.09. The lowest BCUT2D eigenvalue weighted by Gasteiger charge is -2.37. The largest absolute Gasteiger partial charge is 0.467 e. The quantitative estimate of drug-likeness (QED) is 0.627. The van der Waals surface area contributed by atoms with Gasteiger partial charge in [-0.15, -0.1) is 0 Å². The van der Waals surface area contributed by atoms with Crippen molar-refractivity contribution in [2.45, 2.75) is 50.4 Å². The van der Waals surface area contributed by atoms with Crippen molar-refractivity contribution in [3.63, 3.8) is 0 Å². The van der Waals surface area contributed by atoms with Crippen LogP contribution in [0.4, 0.5) is 18.9 Å². The monoisotopic (exact) mass is 483 g/mol. The lowest BCUT2D eigenvalue weighted by molar-refractivity contribution is -0.153. The van der Waals surface area contributed by atoms with Crippen molar-refractivity contribution in [3.8, 4) is 0 Å². The Morgan fingerprint density at radius 2 is 1.97 bits per heavy atom. The molecule has 2 aliphatic heterocycles. The Bertz CT molecular complexity index is 906. The zero-order valence-corrected chi connectivity index (χ0v) is 19.4. The number of β-amino-alcohol motifs (C(OH)–C–C–N with tert-alkyl or cyclic N) is 1. The molecule has 1 N–H and O–H groups in total. The van der Waals surface area contributed by atoms with E-state index in [2.05, 4.69) is 4.90 Å². The molecule has 1 saturated carbocycles. The third-order valence-corrected chi connectivity index (χ3v) is 7.59. The fourth-order valence-electron chi connectivity index (χ4n) is 5.17. The second-order valence-electron chi connectivity index (χ2n) is 9.63. The van der Waals surface area contributed by atoms with Gasteiger partial charge in [-0.2, -0.15) is 13.2 Å². The number of ether oxygens (including phenoxy) is 1. The van der Waals surface area contributed by atoms with Gasteiger partial charge in [0.25, 0.3) is 0 Å². The predicted octanol–water partition coefficient (Wildman–Crippen LogP) is 2.52. The van der Waals surface area contributed by atoms with Gasteiger partial charge in [0.05, 0.1) is 18.8 Å². The highest BCUT2D eigenvalue weighted by atomic mass is 19.4. The molecule has 2 heterocycles. The molecule has 0 aromatic heterocycles. The number of amides is 1. The topological polar surface area (TPSA) is 73.3 Å². The van der Waals surface area contributed by atoms with Gasteiger partial charge >= 0.3 is 12.1 Å². The van der Waals surface area contributed by atoms with E-state index in [9.17, 15) is 27.9 Å². The number of rotatable bonds is 6. The van der Waals surface area contributed by atoms with Gasteiger partial charge in [0.2, 0.25) is 5.91 Å². The van der Waals surface area contributed by atoms with Crippen LogP contribution in [0.5, 0.6) is 0 Å². The molecule has 0 radical (unpaired) electrons. The van der Waals surface area contributed by atoms with E-state index in [1.807, 2.05) is 0 Å². The van der Waals surface area contributed by atoms with Gasteiger partial charge in [-0.25, -0.2) is 4.79 Å². The van der Waals surface area contributed by atoms with Crippen LogP contribution in [0.1, 0.15) is 37.7 Å². The number of nitrogens with zero attached hydrogens (tertiary/aromatic N) is 3. The minimum Gasteiger partial charge on any atom is -0.467 e. The molecule has 1 aromatic rings. The van der Waals surface area contributed by atoms with Crippen LogP contribution in [-0.2, 0) is 20.5 Å². The number of aliphatic hydroxyl groups is 1. The van der Waals surface area contributed by atoms with Crippen LogP contribution in [0.2, 0.25) is 0 Å². The lowest BCUT2D eigenvalue weighted by Crippen LogP contribution is -2.50. The van der Waals surface area contributed by atoms with Gasteiger partial charge in [0.15, 0.2) is 0 Å². The van der Waals surface area contributed by atoms with Crippen molar-refractivity contribution in [2.24, 2.45) is 5.41 Å². The first-order valence-electron chi connectivity index (χ1n) is 11.8. The highest BCUT2D eigenvalue weighted by Crippen LogP contribution is 2.53. The molecule has 2 saturated heterocycles. The lowest BCUT2D eigenvalue weighted by atomic mass is 9.90. The number of aliphatic hydroxyl groups excluding tert-OH is 1. The first-order chi connectivity index (χ1) is 16.1. The van der Waals surface area contributed by atoms with Crippen molar-refractivity contribution < 1.29 is 32.6 Å². The van der Waals surface area contributed by atoms with E-state index in [4.69, 9.17) is 4.74 Å². The molecule has 34 heavy (non-hydrogen) atoms. The predicted molar refractivity (Wildman–Crippen MR) is 119 cm³/mol. The summed E-state index contributed by atoms with van der Waals surface area (Å²) in [5, 5.41) is 10.5. The van der Waals surface area contributed by atoms with Crippen molar-refractivity contribution >= 4 is 17.6 Å². The van der Waals surface area contributed by atoms with Gasteiger partial charge in [0, 0.05) is 44.8 Å². The smallest absolute Gasteiger partial charge is 0.416 e. The zero-order chi connectivity index (χ0) is 24.5. The van der Waals surface area contributed by atoms with Crippen LogP contribution in [-0.4, -0.2) is 85.3 Å². The van der Waals surface area contributed by atoms with Crippen LogP contribution in [0.25, 0.3) is 0 Å². The number of halogens is 3. The van der Waals surface area contributed by atoms with Gasteiger partial charge in [-0.3, -0.25) is 4.79 Å². The van der Waals surface area contributed by atoms with Crippen LogP contribution in [0.15, 0.2) is 24.3 Å². The molecular weight excluding hydrogens is 451 g/mol. The molecule has 1 spiro atoms. The molecule has 0 bridgehead atoms. The molecule has 1 amide bonds. The molecule has 7 nitrogen and oxygen atoms in total. The molecule has 10 heteroatoms. The summed E-state index contributed by atoms with van der Waals surface area (Å²) in [5.41, 5.74) is -0.247. The highest BCUT2D eigenvalue weighted by molar-refractivity contribution is 5.85. The number of benzene rings is 1. The molecule has 188 valence electrons. The average molecular weight is 484 g/mol. The summed E-state index contributed by atoms with van der Waals surface area (Å²) in [6, 6.07) is 4.30. The summed E-state index contributed by atoms with van der Waals surface area (Å²) in [6.07, 6.45) is -1.27. The maximum absolute atomic E-state index is 13.1. The fraction of sp³-hybridized carbons (Fsp3) is 0.667. The van der Waals surface area contributed by atoms with E-state index in [-0.39, 0.29) is 36.9 Å².